The van der Waals surface area contributed by atoms with Gasteiger partial charge in [0.2, 0.25) is 0 Å². The third-order valence-electron chi connectivity index (χ3n) is 4.24. The number of amides is 2. The van der Waals surface area contributed by atoms with Gasteiger partial charge in [0.25, 0.3) is 0 Å². The molecule has 1 saturated heterocycles. The normalized spacial score (nSPS) is 32.7. The van der Waals surface area contributed by atoms with E-state index < -0.39 is 0 Å². The zero-order valence-electron chi connectivity index (χ0n) is 11.3. The second kappa shape index (κ2) is 4.16. The molecule has 0 aromatic heterocycles. The Balaban J connectivity index is 2.07. The van der Waals surface area contributed by atoms with E-state index in [1.165, 1.54) is 12.8 Å². The molecule has 0 spiro atoms. The SMILES string of the molecule is CC(C)(C)NC(=O)N1CC[C@]2(CN)CCC[C@H]12. The van der Waals surface area contributed by atoms with Crippen LogP contribution in [0.25, 0.3) is 0 Å². The van der Waals surface area contributed by atoms with Gasteiger partial charge < -0.3 is 16.0 Å². The highest BCUT2D eigenvalue weighted by molar-refractivity contribution is 5.76. The van der Waals surface area contributed by atoms with Crippen molar-refractivity contribution in [1.29, 1.82) is 0 Å². The Labute approximate surface area is 104 Å². The number of nitrogens with one attached hydrogen (secondary N) is 1. The van der Waals surface area contributed by atoms with Gasteiger partial charge >= 0.3 is 6.03 Å². The average molecular weight is 239 g/mol. The largest absolute Gasteiger partial charge is 0.333 e. The van der Waals surface area contributed by atoms with Crippen LogP contribution in [0.15, 0.2) is 0 Å². The predicted molar refractivity (Wildman–Crippen MR) is 68.7 cm³/mol. The van der Waals surface area contributed by atoms with Crippen LogP contribution >= 0.6 is 0 Å². The number of carbonyl (C=O) groups excluding carboxylic acids is 1. The fourth-order valence-electron chi connectivity index (χ4n) is 3.37. The van der Waals surface area contributed by atoms with Crippen LogP contribution in [-0.2, 0) is 0 Å². The topological polar surface area (TPSA) is 58.4 Å². The maximum atomic E-state index is 12.2. The van der Waals surface area contributed by atoms with E-state index in [1.54, 1.807) is 0 Å². The Morgan fingerprint density at radius 1 is 1.47 bits per heavy atom. The van der Waals surface area contributed by atoms with Crippen LogP contribution in [0, 0.1) is 5.41 Å². The Bertz CT molecular complexity index is 310. The van der Waals surface area contributed by atoms with Crippen LogP contribution in [0.5, 0.6) is 0 Å². The van der Waals surface area contributed by atoms with Gasteiger partial charge in [0.05, 0.1) is 0 Å². The summed E-state index contributed by atoms with van der Waals surface area (Å²) in [5.74, 6) is 0. The first-order valence-electron chi connectivity index (χ1n) is 6.67. The zero-order valence-corrected chi connectivity index (χ0v) is 11.3. The molecule has 4 heteroatoms. The van der Waals surface area contributed by atoms with E-state index in [9.17, 15) is 4.79 Å². The van der Waals surface area contributed by atoms with Gasteiger partial charge in [-0.3, -0.25) is 0 Å². The van der Waals surface area contributed by atoms with Crippen molar-refractivity contribution in [3.05, 3.63) is 0 Å². The van der Waals surface area contributed by atoms with Gasteiger partial charge in [0.1, 0.15) is 0 Å². The summed E-state index contributed by atoms with van der Waals surface area (Å²) in [6.07, 6.45) is 4.59. The second-order valence-electron chi connectivity index (χ2n) is 6.60. The van der Waals surface area contributed by atoms with Crippen molar-refractivity contribution in [2.75, 3.05) is 13.1 Å². The smallest absolute Gasteiger partial charge is 0.318 e. The van der Waals surface area contributed by atoms with Crippen molar-refractivity contribution in [3.63, 3.8) is 0 Å². The molecule has 17 heavy (non-hydrogen) atoms. The predicted octanol–water partition coefficient (Wildman–Crippen LogP) is 1.70. The Kier molecular flexibility index (Phi) is 3.10. The number of hydrogen-bond donors (Lipinski definition) is 2. The lowest BCUT2D eigenvalue weighted by atomic mass is 9.82. The summed E-state index contributed by atoms with van der Waals surface area (Å²) in [6.45, 7) is 7.64. The number of fused-ring (bicyclic) bond motifs is 1. The Morgan fingerprint density at radius 2 is 2.18 bits per heavy atom. The van der Waals surface area contributed by atoms with Gasteiger partial charge in [-0.25, -0.2) is 4.79 Å². The first-order valence-corrected chi connectivity index (χ1v) is 6.67. The molecule has 2 atom stereocenters. The van der Waals surface area contributed by atoms with Crippen molar-refractivity contribution >= 4 is 6.03 Å². The van der Waals surface area contributed by atoms with Gasteiger partial charge in [-0.2, -0.15) is 0 Å². The van der Waals surface area contributed by atoms with Crippen molar-refractivity contribution < 1.29 is 4.79 Å². The van der Waals surface area contributed by atoms with Crippen LogP contribution in [0.3, 0.4) is 0 Å². The summed E-state index contributed by atoms with van der Waals surface area (Å²) in [6, 6.07) is 0.453. The van der Waals surface area contributed by atoms with Crippen molar-refractivity contribution in [2.24, 2.45) is 11.1 Å². The molecule has 2 fully saturated rings. The van der Waals surface area contributed by atoms with Crippen molar-refractivity contribution in [2.45, 2.75) is 58.0 Å². The molecule has 1 aliphatic heterocycles. The minimum Gasteiger partial charge on any atom is -0.333 e. The molecule has 4 nitrogen and oxygen atoms in total. The highest BCUT2D eigenvalue weighted by Crippen LogP contribution is 2.47. The summed E-state index contributed by atoms with van der Waals surface area (Å²) in [5, 5.41) is 3.06. The first-order chi connectivity index (χ1) is 7.88. The standard InChI is InChI=1S/C13H25N3O/c1-12(2,3)15-11(17)16-8-7-13(9-14)6-4-5-10(13)16/h10H,4-9,14H2,1-3H3,(H,15,17)/t10-,13-/m0/s1. The van der Waals surface area contributed by atoms with Gasteiger partial charge in [-0.15, -0.1) is 0 Å². The fraction of sp³-hybridized carbons (Fsp3) is 0.923. The van der Waals surface area contributed by atoms with Crippen LogP contribution < -0.4 is 11.1 Å². The van der Waals surface area contributed by atoms with E-state index in [0.29, 0.717) is 6.04 Å². The van der Waals surface area contributed by atoms with E-state index in [2.05, 4.69) is 5.32 Å². The van der Waals surface area contributed by atoms with Gasteiger partial charge in [0, 0.05) is 23.5 Å². The summed E-state index contributed by atoms with van der Waals surface area (Å²) < 4.78 is 0. The molecule has 1 aliphatic carbocycles. The number of nitrogens with two attached hydrogens (primary N) is 1. The molecule has 0 aromatic carbocycles. The van der Waals surface area contributed by atoms with E-state index in [-0.39, 0.29) is 17.0 Å². The molecule has 1 saturated carbocycles. The average Bonchev–Trinajstić information content (AvgIpc) is 2.71. The zero-order chi connectivity index (χ0) is 12.7. The Hall–Kier alpha value is -0.770. The molecule has 1 heterocycles. The molecule has 0 bridgehead atoms. The monoisotopic (exact) mass is 239 g/mol. The van der Waals surface area contributed by atoms with Crippen molar-refractivity contribution in [1.82, 2.24) is 10.2 Å². The number of likely N-dealkylation sites (tertiary alicyclic amines) is 1. The fourth-order valence-corrected chi connectivity index (χ4v) is 3.37. The van der Waals surface area contributed by atoms with Gasteiger partial charge in [-0.05, 0) is 46.6 Å². The number of rotatable bonds is 1. The van der Waals surface area contributed by atoms with E-state index in [4.69, 9.17) is 5.73 Å². The summed E-state index contributed by atoms with van der Waals surface area (Å²) in [4.78, 5) is 14.3. The minimum atomic E-state index is -0.163. The van der Waals surface area contributed by atoms with Crippen molar-refractivity contribution in [3.8, 4) is 0 Å². The molecular formula is C13H25N3O. The van der Waals surface area contributed by atoms with Crippen LogP contribution in [0.1, 0.15) is 46.5 Å². The number of nitrogens with zero attached hydrogens (tertiary/aromatic N) is 1. The van der Waals surface area contributed by atoms with E-state index in [0.717, 1.165) is 25.9 Å². The molecule has 2 amide bonds. The molecule has 0 unspecified atom stereocenters. The van der Waals surface area contributed by atoms with E-state index >= 15 is 0 Å². The molecule has 2 aliphatic rings. The molecule has 0 aromatic rings. The lowest BCUT2D eigenvalue weighted by Gasteiger charge is -2.33. The van der Waals surface area contributed by atoms with Gasteiger partial charge in [0.15, 0.2) is 0 Å². The lowest BCUT2D eigenvalue weighted by Crippen LogP contribution is -2.51. The summed E-state index contributed by atoms with van der Waals surface area (Å²) in [5.41, 5.74) is 6.00. The lowest BCUT2D eigenvalue weighted by molar-refractivity contribution is 0.166. The maximum Gasteiger partial charge on any atom is 0.318 e. The first kappa shape index (κ1) is 12.7. The molecule has 0 radical (unpaired) electrons. The number of urea groups is 1. The number of carbonyl (C=O) groups is 1. The highest BCUT2D eigenvalue weighted by atomic mass is 16.2. The Morgan fingerprint density at radius 3 is 2.76 bits per heavy atom. The highest BCUT2D eigenvalue weighted by Gasteiger charge is 2.51. The van der Waals surface area contributed by atoms with E-state index in [1.807, 2.05) is 25.7 Å². The van der Waals surface area contributed by atoms with Crippen LogP contribution in [-0.4, -0.2) is 35.6 Å². The van der Waals surface area contributed by atoms with Crippen LogP contribution in [0.2, 0.25) is 0 Å². The van der Waals surface area contributed by atoms with Crippen LogP contribution in [0.4, 0.5) is 4.79 Å². The van der Waals surface area contributed by atoms with Gasteiger partial charge in [-0.1, -0.05) is 6.42 Å². The third kappa shape index (κ3) is 2.28. The summed E-state index contributed by atoms with van der Waals surface area (Å²) in [7, 11) is 0. The maximum absolute atomic E-state index is 12.2. The minimum absolute atomic E-state index is 0.0831. The third-order valence-corrected chi connectivity index (χ3v) is 4.24. The molecular weight excluding hydrogens is 214 g/mol. The quantitative estimate of drug-likeness (QED) is 0.731. The molecule has 98 valence electrons. The summed E-state index contributed by atoms with van der Waals surface area (Å²) >= 11 is 0. The number of hydrogen-bond acceptors (Lipinski definition) is 2. The molecule has 3 N–H and O–H groups in total. The second-order valence-corrected chi connectivity index (χ2v) is 6.60. The molecule has 2 rings (SSSR count).